The standard InChI is InChI=1S/C21H21NO4/c1-13-10-19(20(23)24)22(11-13)21(25)26-12-18-16-8-4-2-6-14(16)15-7-3-5-9-17(15)18/h2-9,13,18-19H,10-12H2,1H3,(H,23,24)/t13-,19?/m1/s1. The van der Waals surface area contributed by atoms with Crippen LogP contribution in [-0.2, 0) is 9.53 Å². The van der Waals surface area contributed by atoms with Crippen molar-refractivity contribution in [2.24, 2.45) is 5.92 Å². The second-order valence-corrected chi connectivity index (χ2v) is 7.15. The predicted molar refractivity (Wildman–Crippen MR) is 97.0 cm³/mol. The van der Waals surface area contributed by atoms with Gasteiger partial charge in [0.2, 0.25) is 0 Å². The molecule has 1 unspecified atom stereocenters. The van der Waals surface area contributed by atoms with Crippen LogP contribution in [0.4, 0.5) is 4.79 Å². The van der Waals surface area contributed by atoms with E-state index in [2.05, 4.69) is 24.3 Å². The molecule has 2 aromatic carbocycles. The Labute approximate surface area is 152 Å². The van der Waals surface area contributed by atoms with Crippen LogP contribution < -0.4 is 0 Å². The van der Waals surface area contributed by atoms with E-state index in [1.807, 2.05) is 31.2 Å². The van der Waals surface area contributed by atoms with E-state index in [9.17, 15) is 14.7 Å². The van der Waals surface area contributed by atoms with Crippen molar-refractivity contribution in [3.05, 3.63) is 59.7 Å². The van der Waals surface area contributed by atoms with E-state index in [0.29, 0.717) is 13.0 Å². The second kappa shape index (κ2) is 6.48. The normalized spacial score (nSPS) is 21.3. The van der Waals surface area contributed by atoms with Crippen LogP contribution in [0.15, 0.2) is 48.5 Å². The molecule has 2 aromatic rings. The van der Waals surface area contributed by atoms with E-state index in [1.54, 1.807) is 0 Å². The molecule has 1 heterocycles. The molecule has 0 bridgehead atoms. The Morgan fingerprint density at radius 1 is 1.08 bits per heavy atom. The third-order valence-electron chi connectivity index (χ3n) is 5.37. The van der Waals surface area contributed by atoms with Crippen molar-refractivity contribution in [1.82, 2.24) is 4.90 Å². The van der Waals surface area contributed by atoms with Gasteiger partial charge in [-0.1, -0.05) is 55.5 Å². The molecule has 1 aliphatic carbocycles. The lowest BCUT2D eigenvalue weighted by Crippen LogP contribution is -2.41. The minimum absolute atomic E-state index is 0.0188. The van der Waals surface area contributed by atoms with Gasteiger partial charge in [0.25, 0.3) is 0 Å². The van der Waals surface area contributed by atoms with Crippen molar-refractivity contribution in [3.8, 4) is 11.1 Å². The van der Waals surface area contributed by atoms with E-state index < -0.39 is 18.1 Å². The van der Waals surface area contributed by atoms with Gasteiger partial charge < -0.3 is 9.84 Å². The van der Waals surface area contributed by atoms with Crippen LogP contribution in [0.3, 0.4) is 0 Å². The first kappa shape index (κ1) is 16.6. The van der Waals surface area contributed by atoms with Crippen LogP contribution >= 0.6 is 0 Å². The van der Waals surface area contributed by atoms with Crippen molar-refractivity contribution >= 4 is 12.1 Å². The lowest BCUT2D eigenvalue weighted by atomic mass is 9.98. The average molecular weight is 351 g/mol. The Kier molecular flexibility index (Phi) is 4.15. The molecule has 1 aliphatic heterocycles. The van der Waals surface area contributed by atoms with E-state index >= 15 is 0 Å². The molecular weight excluding hydrogens is 330 g/mol. The molecule has 2 aliphatic rings. The number of carboxylic acids is 1. The first-order valence-corrected chi connectivity index (χ1v) is 8.90. The Morgan fingerprint density at radius 3 is 2.23 bits per heavy atom. The Bertz CT molecular complexity index is 817. The van der Waals surface area contributed by atoms with Gasteiger partial charge in [0.1, 0.15) is 12.6 Å². The number of nitrogens with zero attached hydrogens (tertiary/aromatic N) is 1. The molecule has 4 rings (SSSR count). The molecule has 0 aromatic heterocycles. The van der Waals surface area contributed by atoms with Gasteiger partial charge in [-0.05, 0) is 34.6 Å². The smallest absolute Gasteiger partial charge is 0.410 e. The molecule has 1 saturated heterocycles. The summed E-state index contributed by atoms with van der Waals surface area (Å²) in [6.45, 7) is 2.59. The van der Waals surface area contributed by atoms with Gasteiger partial charge in [0, 0.05) is 12.5 Å². The summed E-state index contributed by atoms with van der Waals surface area (Å²) in [4.78, 5) is 25.3. The molecule has 1 fully saturated rings. The summed E-state index contributed by atoms with van der Waals surface area (Å²) in [5, 5.41) is 9.34. The highest BCUT2D eigenvalue weighted by Gasteiger charge is 2.39. The Balaban J connectivity index is 1.53. The molecule has 2 atom stereocenters. The fourth-order valence-corrected chi connectivity index (χ4v) is 4.16. The summed E-state index contributed by atoms with van der Waals surface area (Å²) in [6, 6.07) is 15.5. The highest BCUT2D eigenvalue weighted by Crippen LogP contribution is 2.44. The minimum Gasteiger partial charge on any atom is -0.480 e. The van der Waals surface area contributed by atoms with Gasteiger partial charge in [0.15, 0.2) is 0 Å². The van der Waals surface area contributed by atoms with Gasteiger partial charge in [-0.2, -0.15) is 0 Å². The van der Waals surface area contributed by atoms with Crippen LogP contribution in [0.2, 0.25) is 0 Å². The average Bonchev–Trinajstić information content (AvgIpc) is 3.18. The van der Waals surface area contributed by atoms with Crippen LogP contribution in [0.1, 0.15) is 30.4 Å². The number of amides is 1. The molecule has 0 spiro atoms. The third kappa shape index (κ3) is 2.73. The highest BCUT2D eigenvalue weighted by atomic mass is 16.6. The summed E-state index contributed by atoms with van der Waals surface area (Å²) in [7, 11) is 0. The van der Waals surface area contributed by atoms with E-state index in [4.69, 9.17) is 4.74 Å². The summed E-state index contributed by atoms with van der Waals surface area (Å²) in [5.41, 5.74) is 4.63. The van der Waals surface area contributed by atoms with Crippen LogP contribution in [0, 0.1) is 5.92 Å². The van der Waals surface area contributed by atoms with Gasteiger partial charge in [-0.25, -0.2) is 9.59 Å². The molecule has 5 heteroatoms. The van der Waals surface area contributed by atoms with Gasteiger partial charge >= 0.3 is 12.1 Å². The van der Waals surface area contributed by atoms with E-state index in [0.717, 1.165) is 11.1 Å². The predicted octanol–water partition coefficient (Wildman–Crippen LogP) is 3.73. The molecule has 1 amide bonds. The molecule has 26 heavy (non-hydrogen) atoms. The third-order valence-corrected chi connectivity index (χ3v) is 5.37. The summed E-state index contributed by atoms with van der Waals surface area (Å²) < 4.78 is 5.58. The fraction of sp³-hybridized carbons (Fsp3) is 0.333. The van der Waals surface area contributed by atoms with Crippen molar-refractivity contribution < 1.29 is 19.4 Å². The van der Waals surface area contributed by atoms with Crippen LogP contribution in [0.25, 0.3) is 11.1 Å². The lowest BCUT2D eigenvalue weighted by Gasteiger charge is -2.22. The number of ether oxygens (including phenoxy) is 1. The minimum atomic E-state index is -0.970. The maximum atomic E-state index is 12.5. The largest absolute Gasteiger partial charge is 0.480 e. The maximum Gasteiger partial charge on any atom is 0.410 e. The SMILES string of the molecule is C[C@@H]1CC(C(=O)O)N(C(=O)OCC2c3ccccc3-c3ccccc32)C1. The summed E-state index contributed by atoms with van der Waals surface area (Å²) in [6.07, 6.45) is -0.0666. The maximum absolute atomic E-state index is 12.5. The number of benzene rings is 2. The zero-order valence-corrected chi connectivity index (χ0v) is 14.6. The number of hydrogen-bond acceptors (Lipinski definition) is 3. The molecule has 0 saturated carbocycles. The lowest BCUT2D eigenvalue weighted by molar-refractivity contribution is -0.141. The van der Waals surface area contributed by atoms with Crippen molar-refractivity contribution in [3.63, 3.8) is 0 Å². The zero-order valence-electron chi connectivity index (χ0n) is 14.6. The first-order chi connectivity index (χ1) is 12.6. The summed E-state index contributed by atoms with van der Waals surface area (Å²) in [5.74, 6) is -0.825. The molecule has 5 nitrogen and oxygen atoms in total. The molecule has 0 radical (unpaired) electrons. The summed E-state index contributed by atoms with van der Waals surface area (Å²) >= 11 is 0. The van der Waals surface area contributed by atoms with Gasteiger partial charge in [-0.3, -0.25) is 4.90 Å². The van der Waals surface area contributed by atoms with E-state index in [-0.39, 0.29) is 18.4 Å². The zero-order chi connectivity index (χ0) is 18.3. The Morgan fingerprint density at radius 2 is 1.65 bits per heavy atom. The number of hydrogen-bond donors (Lipinski definition) is 1. The highest BCUT2D eigenvalue weighted by molar-refractivity contribution is 5.81. The van der Waals surface area contributed by atoms with Crippen LogP contribution in [-0.4, -0.2) is 41.3 Å². The number of rotatable bonds is 3. The number of fused-ring (bicyclic) bond motifs is 3. The van der Waals surface area contributed by atoms with E-state index in [1.165, 1.54) is 16.0 Å². The number of aliphatic carboxylic acids is 1. The number of carbonyl (C=O) groups excluding carboxylic acids is 1. The number of carbonyl (C=O) groups is 2. The topological polar surface area (TPSA) is 66.8 Å². The monoisotopic (exact) mass is 351 g/mol. The second-order valence-electron chi connectivity index (χ2n) is 7.15. The number of carboxylic acid groups (broad SMARTS) is 1. The number of likely N-dealkylation sites (tertiary alicyclic amines) is 1. The van der Waals surface area contributed by atoms with Gasteiger partial charge in [-0.15, -0.1) is 0 Å². The van der Waals surface area contributed by atoms with Crippen molar-refractivity contribution in [2.75, 3.05) is 13.2 Å². The molecule has 1 N–H and O–H groups in total. The molecular formula is C21H21NO4. The van der Waals surface area contributed by atoms with Crippen molar-refractivity contribution in [1.29, 1.82) is 0 Å². The Hall–Kier alpha value is -2.82. The van der Waals surface area contributed by atoms with Crippen molar-refractivity contribution in [2.45, 2.75) is 25.3 Å². The fourth-order valence-electron chi connectivity index (χ4n) is 4.16. The quantitative estimate of drug-likeness (QED) is 0.915. The van der Waals surface area contributed by atoms with Crippen LogP contribution in [0.5, 0.6) is 0 Å². The molecule has 134 valence electrons. The first-order valence-electron chi connectivity index (χ1n) is 8.90. The van der Waals surface area contributed by atoms with Gasteiger partial charge in [0.05, 0.1) is 0 Å².